The van der Waals surface area contributed by atoms with E-state index in [1.165, 1.54) is 47.5 Å². The summed E-state index contributed by atoms with van der Waals surface area (Å²) in [5.74, 6) is -1.27. The molecule has 10 nitrogen and oxygen atoms in total. The molecule has 184 valence electrons. The molecule has 1 unspecified atom stereocenters. The first-order valence-corrected chi connectivity index (χ1v) is 10.9. The molecule has 4 aromatic rings. The van der Waals surface area contributed by atoms with Gasteiger partial charge in [0.25, 0.3) is 11.5 Å². The van der Waals surface area contributed by atoms with Gasteiger partial charge in [0, 0.05) is 29.9 Å². The van der Waals surface area contributed by atoms with Crippen LogP contribution in [0.1, 0.15) is 28.5 Å². The van der Waals surface area contributed by atoms with Crippen LogP contribution in [-0.2, 0) is 13.1 Å². The largest absolute Gasteiger partial charge is 0.443 e. The Morgan fingerprint density at radius 3 is 2.81 bits per heavy atom. The molecule has 3 aromatic heterocycles. The van der Waals surface area contributed by atoms with E-state index in [2.05, 4.69) is 26.8 Å². The van der Waals surface area contributed by atoms with Crippen molar-refractivity contribution in [3.05, 3.63) is 88.6 Å². The van der Waals surface area contributed by atoms with Gasteiger partial charge in [-0.15, -0.1) is 0 Å². The fourth-order valence-electron chi connectivity index (χ4n) is 3.61. The lowest BCUT2D eigenvalue weighted by Gasteiger charge is -2.14. The Hall–Kier alpha value is -4.64. The normalized spacial score (nSPS) is 11.8. The maximum Gasteiger partial charge on any atom is 0.274 e. The number of nitrogens with one attached hydrogen (secondary N) is 1. The molecule has 0 aliphatic carbocycles. The van der Waals surface area contributed by atoms with Crippen LogP contribution in [0.5, 0.6) is 0 Å². The Morgan fingerprint density at radius 1 is 1.31 bits per heavy atom. The number of aliphatic hydroxyl groups is 1. The molecule has 0 radical (unpaired) electrons. The van der Waals surface area contributed by atoms with E-state index < -0.39 is 17.8 Å². The molecule has 1 atom stereocenters. The number of aromatic nitrogens is 4. The Balaban J connectivity index is 1.76. The predicted octanol–water partition coefficient (Wildman–Crippen LogP) is 2.64. The number of pyridine rings is 1. The van der Waals surface area contributed by atoms with Gasteiger partial charge in [-0.25, -0.2) is 19.3 Å². The lowest BCUT2D eigenvalue weighted by Crippen LogP contribution is -2.27. The van der Waals surface area contributed by atoms with Crippen LogP contribution in [0.25, 0.3) is 28.9 Å². The van der Waals surface area contributed by atoms with Gasteiger partial charge >= 0.3 is 0 Å². The number of hydrogen-bond acceptors (Lipinski definition) is 8. The molecule has 1 aromatic carbocycles. The molecular weight excluding hydrogens is 467 g/mol. The number of aliphatic hydroxyl groups excluding tert-OH is 1. The molecule has 4 N–H and O–H groups in total. The van der Waals surface area contributed by atoms with Crippen LogP contribution >= 0.6 is 0 Å². The van der Waals surface area contributed by atoms with Gasteiger partial charge in [0.05, 0.1) is 18.8 Å². The number of nitrogens with two attached hydrogens (primary N) is 1. The topological polar surface area (TPSA) is 149 Å². The summed E-state index contributed by atoms with van der Waals surface area (Å²) < 4.78 is 21.0. The molecule has 0 saturated carbocycles. The molecule has 0 spiro atoms. The SMILES string of the molecule is C=Cc1cccc(F)c1CNC(=O)c1nc(-c2ccc(=O)n(CC(C)O)c2)c(-c2ncco2)nc1N. The van der Waals surface area contributed by atoms with Crippen molar-refractivity contribution in [3.63, 3.8) is 0 Å². The minimum absolute atomic E-state index is 0.0467. The third kappa shape index (κ3) is 5.05. The van der Waals surface area contributed by atoms with Gasteiger partial charge in [0.15, 0.2) is 17.2 Å². The molecule has 0 bridgehead atoms. The summed E-state index contributed by atoms with van der Waals surface area (Å²) in [5.41, 5.74) is 7.06. The summed E-state index contributed by atoms with van der Waals surface area (Å²) in [6, 6.07) is 7.33. The van der Waals surface area contributed by atoms with Gasteiger partial charge in [-0.2, -0.15) is 0 Å². The van der Waals surface area contributed by atoms with Gasteiger partial charge in [-0.05, 0) is 24.6 Å². The molecule has 11 heteroatoms. The Labute approximate surface area is 205 Å². The molecular formula is C25H23FN6O4. The highest BCUT2D eigenvalue weighted by Crippen LogP contribution is 2.29. The maximum absolute atomic E-state index is 14.3. The van der Waals surface area contributed by atoms with Crippen LogP contribution in [0.2, 0.25) is 0 Å². The van der Waals surface area contributed by atoms with Crippen LogP contribution in [0.4, 0.5) is 10.2 Å². The molecule has 1 amide bonds. The number of rotatable bonds is 8. The number of benzene rings is 1. The molecule has 0 saturated heterocycles. The first kappa shape index (κ1) is 24.5. The number of amides is 1. The number of nitrogens with zero attached hydrogens (tertiary/aromatic N) is 4. The van der Waals surface area contributed by atoms with E-state index in [0.29, 0.717) is 11.1 Å². The average molecular weight is 490 g/mol. The molecule has 0 aliphatic heterocycles. The zero-order valence-electron chi connectivity index (χ0n) is 19.3. The minimum atomic E-state index is -0.776. The summed E-state index contributed by atoms with van der Waals surface area (Å²) in [7, 11) is 0. The third-order valence-electron chi connectivity index (χ3n) is 5.29. The van der Waals surface area contributed by atoms with E-state index in [9.17, 15) is 19.1 Å². The standard InChI is InChI=1S/C25H23FN6O4/c1-3-15-5-4-6-18(26)17(15)11-29-24(35)22-23(27)31-21(25-28-9-10-36-25)20(30-22)16-7-8-19(34)32(13-16)12-14(2)33/h3-10,13-14,33H,1,11-12H2,2H3,(H2,27,31)(H,29,35). The first-order valence-electron chi connectivity index (χ1n) is 10.9. The second kappa shape index (κ2) is 10.3. The zero-order chi connectivity index (χ0) is 25.8. The van der Waals surface area contributed by atoms with Crippen LogP contribution < -0.4 is 16.6 Å². The zero-order valence-corrected chi connectivity index (χ0v) is 19.3. The Morgan fingerprint density at radius 2 is 2.11 bits per heavy atom. The highest BCUT2D eigenvalue weighted by Gasteiger charge is 2.23. The van der Waals surface area contributed by atoms with E-state index in [-0.39, 0.29) is 53.0 Å². The Kier molecular flexibility index (Phi) is 7.02. The van der Waals surface area contributed by atoms with Crippen LogP contribution in [0.3, 0.4) is 0 Å². The summed E-state index contributed by atoms with van der Waals surface area (Å²) in [4.78, 5) is 38.1. The van der Waals surface area contributed by atoms with Crippen molar-refractivity contribution in [1.29, 1.82) is 0 Å². The number of nitrogen functional groups attached to an aromatic ring is 1. The van der Waals surface area contributed by atoms with E-state index >= 15 is 0 Å². The van der Waals surface area contributed by atoms with Gasteiger partial charge in [-0.1, -0.05) is 24.8 Å². The summed E-state index contributed by atoms with van der Waals surface area (Å²) in [5, 5.41) is 12.4. The second-order valence-electron chi connectivity index (χ2n) is 7.94. The molecule has 0 aliphatic rings. The highest BCUT2D eigenvalue weighted by atomic mass is 19.1. The number of carbonyl (C=O) groups is 1. The molecule has 0 fully saturated rings. The van der Waals surface area contributed by atoms with Crippen LogP contribution in [0, 0.1) is 5.82 Å². The van der Waals surface area contributed by atoms with Crippen molar-refractivity contribution in [2.75, 3.05) is 5.73 Å². The number of anilines is 1. The monoisotopic (exact) mass is 490 g/mol. The predicted molar refractivity (Wildman–Crippen MR) is 131 cm³/mol. The quantitative estimate of drug-likeness (QED) is 0.341. The van der Waals surface area contributed by atoms with Crippen LogP contribution in [0.15, 0.2) is 64.8 Å². The fraction of sp³-hybridized carbons (Fsp3) is 0.160. The van der Waals surface area contributed by atoms with Crippen molar-refractivity contribution in [2.24, 2.45) is 0 Å². The van der Waals surface area contributed by atoms with Gasteiger partial charge in [0.1, 0.15) is 17.8 Å². The third-order valence-corrected chi connectivity index (χ3v) is 5.29. The smallest absolute Gasteiger partial charge is 0.274 e. The van der Waals surface area contributed by atoms with Crippen molar-refractivity contribution >= 4 is 17.8 Å². The molecule has 4 rings (SSSR count). The van der Waals surface area contributed by atoms with Gasteiger partial charge in [-0.3, -0.25) is 9.59 Å². The van der Waals surface area contributed by atoms with Crippen molar-refractivity contribution < 1.29 is 18.7 Å². The summed E-state index contributed by atoms with van der Waals surface area (Å²) >= 11 is 0. The van der Waals surface area contributed by atoms with Crippen molar-refractivity contribution in [3.8, 4) is 22.8 Å². The lowest BCUT2D eigenvalue weighted by molar-refractivity contribution is 0.0946. The molecule has 36 heavy (non-hydrogen) atoms. The maximum atomic E-state index is 14.3. The summed E-state index contributed by atoms with van der Waals surface area (Å²) in [6.07, 6.45) is 4.96. The average Bonchev–Trinajstić information content (AvgIpc) is 3.39. The molecule has 3 heterocycles. The number of oxazole rings is 1. The van der Waals surface area contributed by atoms with Gasteiger partial charge < -0.3 is 25.1 Å². The van der Waals surface area contributed by atoms with E-state index in [4.69, 9.17) is 10.2 Å². The number of carbonyl (C=O) groups excluding carboxylic acids is 1. The van der Waals surface area contributed by atoms with Gasteiger partial charge in [0.2, 0.25) is 5.89 Å². The minimum Gasteiger partial charge on any atom is -0.443 e. The number of hydrogen-bond donors (Lipinski definition) is 3. The van der Waals surface area contributed by atoms with E-state index in [1.807, 2.05) is 0 Å². The highest BCUT2D eigenvalue weighted by molar-refractivity contribution is 5.97. The van der Waals surface area contributed by atoms with Crippen molar-refractivity contribution in [2.45, 2.75) is 26.1 Å². The van der Waals surface area contributed by atoms with Crippen LogP contribution in [-0.4, -0.2) is 36.6 Å². The lowest BCUT2D eigenvalue weighted by atomic mass is 10.1. The van der Waals surface area contributed by atoms with E-state index in [0.717, 1.165) is 0 Å². The number of halogens is 1. The summed E-state index contributed by atoms with van der Waals surface area (Å²) in [6.45, 7) is 5.13. The fourth-order valence-corrected chi connectivity index (χ4v) is 3.61. The second-order valence-corrected chi connectivity index (χ2v) is 7.94. The first-order chi connectivity index (χ1) is 17.3. The van der Waals surface area contributed by atoms with E-state index in [1.54, 1.807) is 19.1 Å². The van der Waals surface area contributed by atoms with Crippen molar-refractivity contribution in [1.82, 2.24) is 24.8 Å². The Bertz CT molecular complexity index is 1480.